The molecule has 156 valence electrons. The predicted octanol–water partition coefficient (Wildman–Crippen LogP) is 1.12. The molecule has 1 heterocycles. The number of sulfonamides is 2. The van der Waals surface area contributed by atoms with Crippen LogP contribution < -0.4 is 13.8 Å². The summed E-state index contributed by atoms with van der Waals surface area (Å²) in [5.74, 6) is -0.843. The van der Waals surface area contributed by atoms with E-state index in [4.69, 9.17) is 9.84 Å². The molecule has 11 heteroatoms. The van der Waals surface area contributed by atoms with Crippen molar-refractivity contribution in [2.75, 3.05) is 24.5 Å². The van der Waals surface area contributed by atoms with E-state index in [9.17, 15) is 21.6 Å². The fourth-order valence-corrected chi connectivity index (χ4v) is 5.46. The normalized spacial score (nSPS) is 13.9. The van der Waals surface area contributed by atoms with Crippen LogP contribution in [0.1, 0.15) is 11.1 Å². The standard InChI is InChI=1S/C18H20N2O7S2/c1-12-9-15(4-6-17(12)27-11-18(21)22)29(25,26)20-8-7-13-10-14(3-5-16(13)20)28(23,24)19-2/h3-6,9-10,19H,7-8,11H2,1-2H3,(H,21,22). The first-order chi connectivity index (χ1) is 13.6. The molecule has 9 nitrogen and oxygen atoms in total. The number of carboxylic acid groups (broad SMARTS) is 1. The van der Waals surface area contributed by atoms with E-state index in [1.54, 1.807) is 6.92 Å². The average Bonchev–Trinajstić information content (AvgIpc) is 3.10. The van der Waals surface area contributed by atoms with Crippen LogP contribution in [0.5, 0.6) is 5.75 Å². The van der Waals surface area contributed by atoms with E-state index in [0.29, 0.717) is 23.2 Å². The minimum absolute atomic E-state index is 0.0393. The number of nitrogens with one attached hydrogen (secondary N) is 1. The smallest absolute Gasteiger partial charge is 0.341 e. The van der Waals surface area contributed by atoms with Crippen molar-refractivity contribution in [3.8, 4) is 5.75 Å². The molecular weight excluding hydrogens is 420 g/mol. The van der Waals surface area contributed by atoms with Crippen molar-refractivity contribution < 1.29 is 31.5 Å². The molecule has 0 saturated carbocycles. The number of hydrogen-bond acceptors (Lipinski definition) is 6. The lowest BCUT2D eigenvalue weighted by atomic mass is 10.2. The van der Waals surface area contributed by atoms with Gasteiger partial charge >= 0.3 is 5.97 Å². The van der Waals surface area contributed by atoms with Crippen molar-refractivity contribution in [2.45, 2.75) is 23.1 Å². The lowest BCUT2D eigenvalue weighted by Crippen LogP contribution is -2.29. The van der Waals surface area contributed by atoms with Gasteiger partial charge in [-0.25, -0.2) is 26.4 Å². The summed E-state index contributed by atoms with van der Waals surface area (Å²) in [5.41, 5.74) is 1.55. The maximum absolute atomic E-state index is 13.1. The fourth-order valence-electron chi connectivity index (χ4n) is 3.09. The molecule has 0 fully saturated rings. The largest absolute Gasteiger partial charge is 0.482 e. The van der Waals surface area contributed by atoms with E-state index < -0.39 is 32.6 Å². The maximum atomic E-state index is 13.1. The molecule has 29 heavy (non-hydrogen) atoms. The zero-order chi connectivity index (χ0) is 21.4. The molecule has 2 aromatic rings. The first kappa shape index (κ1) is 21.1. The van der Waals surface area contributed by atoms with E-state index >= 15 is 0 Å². The van der Waals surface area contributed by atoms with Crippen LogP contribution in [0.25, 0.3) is 0 Å². The van der Waals surface area contributed by atoms with Gasteiger partial charge < -0.3 is 9.84 Å². The summed E-state index contributed by atoms with van der Waals surface area (Å²) < 4.78 is 58.8. The van der Waals surface area contributed by atoms with Crippen LogP contribution in [-0.2, 0) is 31.3 Å². The number of aryl methyl sites for hydroxylation is 1. The van der Waals surface area contributed by atoms with Gasteiger partial charge in [-0.2, -0.15) is 0 Å². The van der Waals surface area contributed by atoms with Crippen LogP contribution >= 0.6 is 0 Å². The second kappa shape index (κ2) is 7.65. The Labute approximate surface area is 169 Å². The van der Waals surface area contributed by atoms with Crippen LogP contribution in [0.15, 0.2) is 46.2 Å². The molecular formula is C18H20N2O7S2. The SMILES string of the molecule is CNS(=O)(=O)c1ccc2c(c1)CCN2S(=O)(=O)c1ccc(OCC(=O)O)c(C)c1. The Hall–Kier alpha value is -2.63. The summed E-state index contributed by atoms with van der Waals surface area (Å²) in [4.78, 5) is 10.8. The molecule has 1 aliphatic rings. The highest BCUT2D eigenvalue weighted by atomic mass is 32.2. The lowest BCUT2D eigenvalue weighted by Gasteiger charge is -2.20. The van der Waals surface area contributed by atoms with Crippen LogP contribution in [0.4, 0.5) is 5.69 Å². The second-order valence-electron chi connectivity index (χ2n) is 6.43. The van der Waals surface area contributed by atoms with Gasteiger partial charge in [-0.05, 0) is 67.9 Å². The van der Waals surface area contributed by atoms with E-state index in [0.717, 1.165) is 0 Å². The van der Waals surface area contributed by atoms with E-state index in [-0.39, 0.29) is 22.1 Å². The molecule has 0 amide bonds. The number of fused-ring (bicyclic) bond motifs is 1. The van der Waals surface area contributed by atoms with Crippen molar-refractivity contribution in [3.63, 3.8) is 0 Å². The van der Waals surface area contributed by atoms with E-state index in [2.05, 4.69) is 4.72 Å². The summed E-state index contributed by atoms with van der Waals surface area (Å²) in [6.45, 7) is 1.30. The molecule has 1 aliphatic heterocycles. The first-order valence-corrected chi connectivity index (χ1v) is 11.5. The molecule has 0 bridgehead atoms. The molecule has 2 N–H and O–H groups in total. The molecule has 0 spiro atoms. The minimum Gasteiger partial charge on any atom is -0.482 e. The van der Waals surface area contributed by atoms with Gasteiger partial charge in [0.25, 0.3) is 10.0 Å². The third-order valence-corrected chi connectivity index (χ3v) is 7.79. The van der Waals surface area contributed by atoms with Crippen LogP contribution in [0, 0.1) is 6.92 Å². The zero-order valence-corrected chi connectivity index (χ0v) is 17.4. The van der Waals surface area contributed by atoms with Gasteiger partial charge in [0.1, 0.15) is 5.75 Å². The second-order valence-corrected chi connectivity index (χ2v) is 10.2. The van der Waals surface area contributed by atoms with E-state index in [1.807, 2.05) is 0 Å². The van der Waals surface area contributed by atoms with Gasteiger partial charge in [0.15, 0.2) is 6.61 Å². The fraction of sp³-hybridized carbons (Fsp3) is 0.278. The molecule has 0 aromatic heterocycles. The maximum Gasteiger partial charge on any atom is 0.341 e. The monoisotopic (exact) mass is 440 g/mol. The average molecular weight is 440 g/mol. The third kappa shape index (κ3) is 4.07. The number of nitrogens with zero attached hydrogens (tertiary/aromatic N) is 1. The quantitative estimate of drug-likeness (QED) is 0.660. The first-order valence-electron chi connectivity index (χ1n) is 8.61. The molecule has 0 aliphatic carbocycles. The van der Waals surface area contributed by atoms with Crippen LogP contribution in [0.3, 0.4) is 0 Å². The molecule has 2 aromatic carbocycles. The van der Waals surface area contributed by atoms with Crippen LogP contribution in [0.2, 0.25) is 0 Å². The van der Waals surface area contributed by atoms with Crippen molar-refractivity contribution in [3.05, 3.63) is 47.5 Å². The molecule has 0 radical (unpaired) electrons. The summed E-state index contributed by atoms with van der Waals surface area (Å²) in [6.07, 6.45) is 0.389. The highest BCUT2D eigenvalue weighted by molar-refractivity contribution is 7.92. The summed E-state index contributed by atoms with van der Waals surface area (Å²) in [7, 11) is -6.19. The van der Waals surface area contributed by atoms with Gasteiger partial charge in [0.05, 0.1) is 15.5 Å². The Morgan fingerprint density at radius 2 is 1.83 bits per heavy atom. The number of hydrogen-bond donors (Lipinski definition) is 2. The lowest BCUT2D eigenvalue weighted by molar-refractivity contribution is -0.139. The summed E-state index contributed by atoms with van der Waals surface area (Å²) in [6, 6.07) is 8.53. The van der Waals surface area contributed by atoms with Gasteiger partial charge in [-0.1, -0.05) is 0 Å². The zero-order valence-electron chi connectivity index (χ0n) is 15.7. The molecule has 0 atom stereocenters. The van der Waals surface area contributed by atoms with Gasteiger partial charge in [0, 0.05) is 6.54 Å². The number of carboxylic acids is 1. The predicted molar refractivity (Wildman–Crippen MR) is 105 cm³/mol. The number of rotatable bonds is 7. The summed E-state index contributed by atoms with van der Waals surface area (Å²) >= 11 is 0. The highest BCUT2D eigenvalue weighted by Crippen LogP contribution is 2.35. The van der Waals surface area contributed by atoms with Crippen molar-refractivity contribution in [2.24, 2.45) is 0 Å². The third-order valence-electron chi connectivity index (χ3n) is 4.57. The Morgan fingerprint density at radius 1 is 1.14 bits per heavy atom. The minimum atomic E-state index is -3.88. The number of carbonyl (C=O) groups is 1. The number of aliphatic carboxylic acids is 1. The molecule has 0 saturated heterocycles. The Balaban J connectivity index is 1.93. The Morgan fingerprint density at radius 3 is 2.45 bits per heavy atom. The Bertz CT molecular complexity index is 1170. The van der Waals surface area contributed by atoms with Gasteiger partial charge in [-0.3, -0.25) is 4.31 Å². The van der Waals surface area contributed by atoms with Crippen molar-refractivity contribution in [1.82, 2.24) is 4.72 Å². The number of anilines is 1. The van der Waals surface area contributed by atoms with Crippen molar-refractivity contribution in [1.29, 1.82) is 0 Å². The topological polar surface area (TPSA) is 130 Å². The molecule has 3 rings (SSSR count). The van der Waals surface area contributed by atoms with Gasteiger partial charge in [-0.15, -0.1) is 0 Å². The van der Waals surface area contributed by atoms with E-state index in [1.165, 1.54) is 47.8 Å². The van der Waals surface area contributed by atoms with Crippen LogP contribution in [-0.4, -0.2) is 48.1 Å². The summed E-state index contributed by atoms with van der Waals surface area (Å²) in [5, 5.41) is 8.70. The highest BCUT2D eigenvalue weighted by Gasteiger charge is 2.32. The Kier molecular flexibility index (Phi) is 5.57. The van der Waals surface area contributed by atoms with Gasteiger partial charge in [0.2, 0.25) is 10.0 Å². The molecule has 0 unspecified atom stereocenters. The van der Waals surface area contributed by atoms with Crippen molar-refractivity contribution >= 4 is 31.7 Å². The number of benzene rings is 2. The number of ether oxygens (including phenoxy) is 1.